The molecule has 0 radical (unpaired) electrons. The first-order valence-corrected chi connectivity index (χ1v) is 6.54. The molecule has 19 heavy (non-hydrogen) atoms. The Kier molecular flexibility index (Phi) is 3.20. The van der Waals surface area contributed by atoms with E-state index in [1.807, 2.05) is 22.9 Å². The van der Waals surface area contributed by atoms with Crippen molar-refractivity contribution in [3.8, 4) is 11.9 Å². The van der Waals surface area contributed by atoms with Gasteiger partial charge in [0.1, 0.15) is 6.61 Å². The monoisotopic (exact) mass is 253 g/mol. The Bertz CT molecular complexity index is 584. The Balaban J connectivity index is 1.65. The molecule has 0 atom stereocenters. The van der Waals surface area contributed by atoms with Crippen molar-refractivity contribution in [3.05, 3.63) is 47.2 Å². The standard InChI is InChI=1S/C15H15N3O/c16-10-12-4-6-13(7-5-12)11-19-15-9-14-3-1-2-8-18(14)17-15/h4-7,9H,1-3,8,11H2. The first-order valence-electron chi connectivity index (χ1n) is 6.54. The molecule has 1 aliphatic heterocycles. The molecule has 0 saturated carbocycles. The summed E-state index contributed by atoms with van der Waals surface area (Å²) in [6.45, 7) is 1.48. The number of benzene rings is 1. The number of ether oxygens (including phenoxy) is 1. The van der Waals surface area contributed by atoms with Gasteiger partial charge in [0, 0.05) is 18.3 Å². The normalized spacial score (nSPS) is 13.6. The first kappa shape index (κ1) is 11.8. The minimum absolute atomic E-state index is 0.488. The smallest absolute Gasteiger partial charge is 0.233 e. The van der Waals surface area contributed by atoms with Crippen LogP contribution >= 0.6 is 0 Å². The van der Waals surface area contributed by atoms with Crippen molar-refractivity contribution in [2.45, 2.75) is 32.4 Å². The van der Waals surface area contributed by atoms with Gasteiger partial charge in [-0.25, -0.2) is 0 Å². The fourth-order valence-electron chi connectivity index (χ4n) is 2.29. The van der Waals surface area contributed by atoms with Gasteiger partial charge in [-0.1, -0.05) is 12.1 Å². The van der Waals surface area contributed by atoms with Crippen molar-refractivity contribution in [2.24, 2.45) is 0 Å². The fourth-order valence-corrected chi connectivity index (χ4v) is 2.29. The molecule has 0 N–H and O–H groups in total. The third-order valence-electron chi connectivity index (χ3n) is 3.36. The summed E-state index contributed by atoms with van der Waals surface area (Å²) < 4.78 is 7.74. The van der Waals surface area contributed by atoms with Crippen LogP contribution in [0, 0.1) is 11.3 Å². The van der Waals surface area contributed by atoms with Crippen LogP contribution in [0.4, 0.5) is 0 Å². The Hall–Kier alpha value is -2.28. The Morgan fingerprint density at radius 3 is 2.84 bits per heavy atom. The van der Waals surface area contributed by atoms with E-state index in [2.05, 4.69) is 11.2 Å². The van der Waals surface area contributed by atoms with Crippen LogP contribution in [0.2, 0.25) is 0 Å². The quantitative estimate of drug-likeness (QED) is 0.845. The molecule has 0 spiro atoms. The lowest BCUT2D eigenvalue weighted by Crippen LogP contribution is -2.10. The molecule has 2 aromatic rings. The highest BCUT2D eigenvalue weighted by Crippen LogP contribution is 2.20. The molecule has 1 aromatic heterocycles. The van der Waals surface area contributed by atoms with Crippen molar-refractivity contribution in [2.75, 3.05) is 0 Å². The predicted octanol–water partition coefficient (Wildman–Crippen LogP) is 2.67. The summed E-state index contributed by atoms with van der Waals surface area (Å²) in [6, 6.07) is 11.6. The van der Waals surface area contributed by atoms with Gasteiger partial charge < -0.3 is 4.74 Å². The molecule has 2 heterocycles. The predicted molar refractivity (Wildman–Crippen MR) is 70.7 cm³/mol. The molecule has 4 nitrogen and oxygen atoms in total. The summed E-state index contributed by atoms with van der Waals surface area (Å²) >= 11 is 0. The summed E-state index contributed by atoms with van der Waals surface area (Å²) in [5, 5.41) is 13.2. The van der Waals surface area contributed by atoms with E-state index >= 15 is 0 Å². The van der Waals surface area contributed by atoms with Crippen molar-refractivity contribution < 1.29 is 4.74 Å². The summed E-state index contributed by atoms with van der Waals surface area (Å²) in [5.74, 6) is 0.696. The van der Waals surface area contributed by atoms with Gasteiger partial charge in [-0.15, -0.1) is 5.10 Å². The van der Waals surface area contributed by atoms with Gasteiger partial charge in [0.2, 0.25) is 5.88 Å². The van der Waals surface area contributed by atoms with E-state index in [1.165, 1.54) is 18.5 Å². The van der Waals surface area contributed by atoms with E-state index < -0.39 is 0 Å². The van der Waals surface area contributed by atoms with Crippen molar-refractivity contribution >= 4 is 0 Å². The zero-order chi connectivity index (χ0) is 13.1. The molecule has 1 aliphatic rings. The van der Waals surface area contributed by atoms with E-state index in [0.29, 0.717) is 18.1 Å². The number of fused-ring (bicyclic) bond motifs is 1. The molecule has 0 bridgehead atoms. The number of rotatable bonds is 3. The van der Waals surface area contributed by atoms with E-state index in [0.717, 1.165) is 18.5 Å². The second kappa shape index (κ2) is 5.15. The van der Waals surface area contributed by atoms with Crippen LogP contribution in [-0.4, -0.2) is 9.78 Å². The second-order valence-corrected chi connectivity index (χ2v) is 4.75. The number of nitriles is 1. The number of nitrogens with zero attached hydrogens (tertiary/aromatic N) is 3. The minimum Gasteiger partial charge on any atom is -0.472 e. The van der Waals surface area contributed by atoms with E-state index in [-0.39, 0.29) is 0 Å². The molecule has 1 aromatic carbocycles. The lowest BCUT2D eigenvalue weighted by molar-refractivity contribution is 0.288. The number of hydrogen-bond acceptors (Lipinski definition) is 3. The summed E-state index contributed by atoms with van der Waals surface area (Å²) in [4.78, 5) is 0. The molecule has 0 fully saturated rings. The zero-order valence-corrected chi connectivity index (χ0v) is 10.7. The van der Waals surface area contributed by atoms with Crippen molar-refractivity contribution in [1.82, 2.24) is 9.78 Å². The Morgan fingerprint density at radius 1 is 1.26 bits per heavy atom. The van der Waals surface area contributed by atoms with Gasteiger partial charge in [-0.2, -0.15) is 5.26 Å². The maximum atomic E-state index is 8.74. The maximum absolute atomic E-state index is 8.74. The molecular weight excluding hydrogens is 238 g/mol. The van der Waals surface area contributed by atoms with Gasteiger partial charge in [0.25, 0.3) is 0 Å². The highest BCUT2D eigenvalue weighted by Gasteiger charge is 2.12. The van der Waals surface area contributed by atoms with Crippen LogP contribution in [-0.2, 0) is 19.6 Å². The van der Waals surface area contributed by atoms with Gasteiger partial charge in [0.15, 0.2) is 0 Å². The lowest BCUT2D eigenvalue weighted by atomic mass is 10.1. The maximum Gasteiger partial charge on any atom is 0.233 e. The van der Waals surface area contributed by atoms with Crippen LogP contribution in [0.1, 0.15) is 29.7 Å². The molecular formula is C15H15N3O. The van der Waals surface area contributed by atoms with E-state index in [9.17, 15) is 0 Å². The molecule has 0 amide bonds. The van der Waals surface area contributed by atoms with Gasteiger partial charge in [0.05, 0.1) is 11.6 Å². The van der Waals surface area contributed by atoms with Crippen LogP contribution in [0.25, 0.3) is 0 Å². The molecule has 0 saturated heterocycles. The highest BCUT2D eigenvalue weighted by molar-refractivity contribution is 5.31. The number of aromatic nitrogens is 2. The molecule has 0 unspecified atom stereocenters. The molecule has 96 valence electrons. The number of hydrogen-bond donors (Lipinski definition) is 0. The summed E-state index contributed by atoms with van der Waals surface area (Å²) in [5.41, 5.74) is 2.98. The number of aryl methyl sites for hydroxylation is 2. The topological polar surface area (TPSA) is 50.8 Å². The molecule has 0 aliphatic carbocycles. The highest BCUT2D eigenvalue weighted by atomic mass is 16.5. The lowest BCUT2D eigenvalue weighted by Gasteiger charge is -2.11. The van der Waals surface area contributed by atoms with Crippen molar-refractivity contribution in [3.63, 3.8) is 0 Å². The molecule has 3 rings (SSSR count). The van der Waals surface area contributed by atoms with Crippen molar-refractivity contribution in [1.29, 1.82) is 5.26 Å². The Labute approximate surface area is 112 Å². The zero-order valence-electron chi connectivity index (χ0n) is 10.7. The van der Waals surface area contributed by atoms with Gasteiger partial charge in [-0.3, -0.25) is 4.68 Å². The van der Waals surface area contributed by atoms with Crippen LogP contribution < -0.4 is 4.74 Å². The van der Waals surface area contributed by atoms with Gasteiger partial charge in [-0.05, 0) is 37.0 Å². The fraction of sp³-hybridized carbons (Fsp3) is 0.333. The van der Waals surface area contributed by atoms with Crippen LogP contribution in [0.15, 0.2) is 30.3 Å². The minimum atomic E-state index is 0.488. The average molecular weight is 253 g/mol. The van der Waals surface area contributed by atoms with Crippen LogP contribution in [0.3, 0.4) is 0 Å². The largest absolute Gasteiger partial charge is 0.472 e. The summed E-state index contributed by atoms with van der Waals surface area (Å²) in [6.07, 6.45) is 3.53. The Morgan fingerprint density at radius 2 is 2.11 bits per heavy atom. The molecule has 4 heteroatoms. The SMILES string of the molecule is N#Cc1ccc(COc2cc3n(n2)CCCC3)cc1. The third-order valence-corrected chi connectivity index (χ3v) is 3.36. The second-order valence-electron chi connectivity index (χ2n) is 4.75. The van der Waals surface area contributed by atoms with E-state index in [4.69, 9.17) is 10.00 Å². The van der Waals surface area contributed by atoms with E-state index in [1.54, 1.807) is 12.1 Å². The first-order chi connectivity index (χ1) is 9.35. The summed E-state index contributed by atoms with van der Waals surface area (Å²) in [7, 11) is 0. The van der Waals surface area contributed by atoms with Crippen LogP contribution in [0.5, 0.6) is 5.88 Å². The average Bonchev–Trinajstić information content (AvgIpc) is 2.88. The third kappa shape index (κ3) is 2.60. The van der Waals surface area contributed by atoms with Gasteiger partial charge >= 0.3 is 0 Å².